The lowest BCUT2D eigenvalue weighted by Crippen LogP contribution is -2.57. The predicted octanol–water partition coefficient (Wildman–Crippen LogP) is 2.89. The van der Waals surface area contributed by atoms with E-state index in [4.69, 9.17) is 4.74 Å². The highest BCUT2D eigenvalue weighted by atomic mass is 127. The van der Waals surface area contributed by atoms with E-state index in [2.05, 4.69) is 30.2 Å². The Balaban J connectivity index is 0.00000364. The summed E-state index contributed by atoms with van der Waals surface area (Å²) in [5.74, 6) is 2.18. The summed E-state index contributed by atoms with van der Waals surface area (Å²) in [6, 6.07) is 8.07. The van der Waals surface area contributed by atoms with Crippen LogP contribution in [0.3, 0.4) is 0 Å². The normalized spacial score (nSPS) is 18.7. The predicted molar refractivity (Wildman–Crippen MR) is 122 cm³/mol. The van der Waals surface area contributed by atoms with Crippen LogP contribution in [0.1, 0.15) is 39.2 Å². The Morgan fingerprint density at radius 3 is 2.59 bits per heavy atom. The molecule has 0 aliphatic carbocycles. The molecule has 2 rings (SSSR count). The fourth-order valence-electron chi connectivity index (χ4n) is 3.07. The van der Waals surface area contributed by atoms with Crippen LogP contribution in [0.25, 0.3) is 0 Å². The van der Waals surface area contributed by atoms with E-state index in [1.807, 2.05) is 23.1 Å². The van der Waals surface area contributed by atoms with Crippen LogP contribution >= 0.6 is 24.0 Å². The molecule has 1 aliphatic heterocycles. The van der Waals surface area contributed by atoms with Crippen molar-refractivity contribution in [2.75, 3.05) is 39.0 Å². The summed E-state index contributed by atoms with van der Waals surface area (Å²) in [7, 11) is -1.34. The number of nitrogens with one attached hydrogen (secondary N) is 1. The van der Waals surface area contributed by atoms with E-state index in [9.17, 15) is 8.42 Å². The van der Waals surface area contributed by atoms with Gasteiger partial charge in [0.25, 0.3) is 0 Å². The molecule has 1 aromatic carbocycles. The quantitative estimate of drug-likeness (QED) is 0.286. The molecule has 0 bridgehead atoms. The highest BCUT2D eigenvalue weighted by Crippen LogP contribution is 2.26. The molecule has 1 saturated heterocycles. The van der Waals surface area contributed by atoms with Crippen LogP contribution in [0.2, 0.25) is 0 Å². The Morgan fingerprint density at radius 1 is 1.33 bits per heavy atom. The van der Waals surface area contributed by atoms with E-state index in [0.717, 1.165) is 5.75 Å². The van der Waals surface area contributed by atoms with E-state index in [-0.39, 0.29) is 29.7 Å². The van der Waals surface area contributed by atoms with E-state index >= 15 is 0 Å². The van der Waals surface area contributed by atoms with Crippen LogP contribution in [0.5, 0.6) is 5.75 Å². The average molecular weight is 509 g/mol. The molecule has 0 amide bonds. The smallest absolute Gasteiger partial charge is 0.193 e. The zero-order valence-corrected chi connectivity index (χ0v) is 20.0. The largest absolute Gasteiger partial charge is 0.491 e. The molecule has 0 saturated carbocycles. The van der Waals surface area contributed by atoms with E-state index in [1.165, 1.54) is 5.56 Å². The van der Waals surface area contributed by atoms with Crippen molar-refractivity contribution in [3.63, 3.8) is 0 Å². The third-order valence-electron chi connectivity index (χ3n) is 4.74. The van der Waals surface area contributed by atoms with Gasteiger partial charge in [-0.15, -0.1) is 24.0 Å². The van der Waals surface area contributed by atoms with Gasteiger partial charge in [-0.1, -0.05) is 32.0 Å². The maximum absolute atomic E-state index is 12.2. The van der Waals surface area contributed by atoms with Crippen LogP contribution < -0.4 is 10.1 Å². The summed E-state index contributed by atoms with van der Waals surface area (Å²) in [4.78, 5) is 6.30. The number of nitrogens with zero attached hydrogens (tertiary/aromatic N) is 2. The van der Waals surface area contributed by atoms with Crippen molar-refractivity contribution < 1.29 is 13.2 Å². The van der Waals surface area contributed by atoms with Gasteiger partial charge in [0.2, 0.25) is 0 Å². The topological polar surface area (TPSA) is 71.0 Å². The molecule has 1 heterocycles. The number of guanidine groups is 1. The fraction of sp³-hybridized carbons (Fsp3) is 0.632. The second kappa shape index (κ2) is 9.95. The Bertz CT molecular complexity index is 748. The van der Waals surface area contributed by atoms with Crippen LogP contribution in [0, 0.1) is 0 Å². The van der Waals surface area contributed by atoms with Gasteiger partial charge in [0.1, 0.15) is 12.4 Å². The van der Waals surface area contributed by atoms with Gasteiger partial charge in [0, 0.05) is 20.1 Å². The molecule has 1 aromatic rings. The van der Waals surface area contributed by atoms with Gasteiger partial charge in [-0.2, -0.15) is 0 Å². The second-order valence-corrected chi connectivity index (χ2v) is 10.3. The van der Waals surface area contributed by atoms with Crippen LogP contribution in [0.4, 0.5) is 0 Å². The number of halogens is 1. The van der Waals surface area contributed by atoms with Crippen molar-refractivity contribution in [2.24, 2.45) is 4.99 Å². The van der Waals surface area contributed by atoms with Crippen LogP contribution in [-0.4, -0.2) is 63.1 Å². The maximum Gasteiger partial charge on any atom is 0.193 e. The van der Waals surface area contributed by atoms with E-state index < -0.39 is 14.6 Å². The third-order valence-corrected chi connectivity index (χ3v) is 7.27. The zero-order chi connectivity index (χ0) is 19.4. The number of aliphatic imine (C=N–C) groups is 1. The molecule has 1 aliphatic rings. The van der Waals surface area contributed by atoms with Crippen molar-refractivity contribution in [1.82, 2.24) is 10.2 Å². The first-order chi connectivity index (χ1) is 12.2. The summed E-state index contributed by atoms with van der Waals surface area (Å²) in [5.41, 5.74) is 1.19. The lowest BCUT2D eigenvalue weighted by molar-refractivity contribution is 0.309. The van der Waals surface area contributed by atoms with E-state index in [1.54, 1.807) is 20.9 Å². The third kappa shape index (κ3) is 5.97. The standard InChI is InChI=1S/C19H31N3O3S.HI/c1-15(2)16-8-6-7-9-17(16)25-12-10-21-18(20-5)22-11-13-26(23,24)19(3,4)14-22;/h6-9,15H,10-14H2,1-5H3,(H,20,21);1H. The molecule has 1 fully saturated rings. The van der Waals surface area contributed by atoms with Crippen LogP contribution in [0.15, 0.2) is 29.3 Å². The van der Waals surface area contributed by atoms with E-state index in [0.29, 0.717) is 38.1 Å². The zero-order valence-electron chi connectivity index (χ0n) is 16.9. The molecule has 154 valence electrons. The van der Waals surface area contributed by atoms with Gasteiger partial charge in [0.05, 0.1) is 17.0 Å². The molecule has 0 spiro atoms. The Kier molecular flexibility index (Phi) is 8.85. The lowest BCUT2D eigenvalue weighted by atomic mass is 10.0. The van der Waals surface area contributed by atoms with Gasteiger partial charge < -0.3 is 15.0 Å². The molecule has 6 nitrogen and oxygen atoms in total. The van der Waals surface area contributed by atoms with Gasteiger partial charge in [-0.05, 0) is 31.4 Å². The van der Waals surface area contributed by atoms with Crippen molar-refractivity contribution in [3.8, 4) is 5.75 Å². The monoisotopic (exact) mass is 509 g/mol. The molecule has 0 unspecified atom stereocenters. The summed E-state index contributed by atoms with van der Waals surface area (Å²) in [6.45, 7) is 9.85. The first-order valence-corrected chi connectivity index (χ1v) is 10.7. The average Bonchev–Trinajstić information content (AvgIpc) is 2.58. The second-order valence-electron chi connectivity index (χ2n) is 7.52. The highest BCUT2D eigenvalue weighted by Gasteiger charge is 2.40. The summed E-state index contributed by atoms with van der Waals surface area (Å²) >= 11 is 0. The summed E-state index contributed by atoms with van der Waals surface area (Å²) in [5, 5.41) is 3.28. The Morgan fingerprint density at radius 2 is 2.00 bits per heavy atom. The molecule has 0 atom stereocenters. The van der Waals surface area contributed by atoms with Crippen LogP contribution in [-0.2, 0) is 9.84 Å². The Labute approximate surface area is 180 Å². The minimum Gasteiger partial charge on any atom is -0.491 e. The molecular formula is C19H32IN3O3S. The molecule has 27 heavy (non-hydrogen) atoms. The van der Waals surface area contributed by atoms with Gasteiger partial charge >= 0.3 is 0 Å². The van der Waals surface area contributed by atoms with Gasteiger partial charge in [-0.3, -0.25) is 4.99 Å². The first kappa shape index (κ1) is 24.0. The minimum absolute atomic E-state index is 0. The number of para-hydroxylation sites is 1. The summed E-state index contributed by atoms with van der Waals surface area (Å²) in [6.07, 6.45) is 0. The van der Waals surface area contributed by atoms with Crippen molar-refractivity contribution in [3.05, 3.63) is 29.8 Å². The maximum atomic E-state index is 12.2. The number of sulfone groups is 1. The Hall–Kier alpha value is -1.03. The van der Waals surface area contributed by atoms with Crippen molar-refractivity contribution in [1.29, 1.82) is 0 Å². The molecule has 0 aromatic heterocycles. The number of ether oxygens (including phenoxy) is 1. The summed E-state index contributed by atoms with van der Waals surface area (Å²) < 4.78 is 29.5. The van der Waals surface area contributed by atoms with Crippen molar-refractivity contribution >= 4 is 39.8 Å². The minimum atomic E-state index is -3.06. The number of hydrogen-bond donors (Lipinski definition) is 1. The first-order valence-electron chi connectivity index (χ1n) is 9.07. The molecule has 1 N–H and O–H groups in total. The SMILES string of the molecule is CN=C(NCCOc1ccccc1C(C)C)N1CCS(=O)(=O)C(C)(C)C1.I. The molecule has 0 radical (unpaired) electrons. The fourth-order valence-corrected chi connectivity index (χ4v) is 4.44. The van der Waals surface area contributed by atoms with Gasteiger partial charge in [0.15, 0.2) is 15.8 Å². The number of benzene rings is 1. The number of rotatable bonds is 5. The van der Waals surface area contributed by atoms with Crippen molar-refractivity contribution in [2.45, 2.75) is 38.4 Å². The molecular weight excluding hydrogens is 477 g/mol. The molecule has 8 heteroatoms. The van der Waals surface area contributed by atoms with Gasteiger partial charge in [-0.25, -0.2) is 8.42 Å². The number of hydrogen-bond acceptors (Lipinski definition) is 4. The lowest BCUT2D eigenvalue weighted by Gasteiger charge is -2.39. The highest BCUT2D eigenvalue weighted by molar-refractivity contribution is 14.0.